The predicted octanol–water partition coefficient (Wildman–Crippen LogP) is 0.400. The number of primary amides is 1. The molecule has 2 heterocycles. The second-order valence-corrected chi connectivity index (χ2v) is 6.25. The largest absolute Gasteiger partial charge is 0.369 e. The first-order valence-corrected chi connectivity index (χ1v) is 8.16. The second-order valence-electron chi connectivity index (χ2n) is 6.25. The number of nitrogens with zero attached hydrogens (tertiary/aromatic N) is 2. The Morgan fingerprint density at radius 1 is 1.05 bits per heavy atom. The molecular weight excluding hydrogens is 252 g/mol. The van der Waals surface area contributed by atoms with Gasteiger partial charge in [0.2, 0.25) is 5.91 Å². The Labute approximate surface area is 122 Å². The number of rotatable bonds is 5. The number of nitrogens with one attached hydrogen (secondary N) is 1. The summed E-state index contributed by atoms with van der Waals surface area (Å²) in [5.74, 6) is -0.208. The first-order valence-electron chi connectivity index (χ1n) is 8.16. The van der Waals surface area contributed by atoms with Gasteiger partial charge in [-0.05, 0) is 51.7 Å². The minimum Gasteiger partial charge on any atom is -0.369 e. The van der Waals surface area contributed by atoms with E-state index in [0.29, 0.717) is 18.6 Å². The molecule has 0 aromatic rings. The lowest BCUT2D eigenvalue weighted by Gasteiger charge is -2.33. The summed E-state index contributed by atoms with van der Waals surface area (Å²) in [4.78, 5) is 15.6. The van der Waals surface area contributed by atoms with Crippen molar-refractivity contribution in [3.8, 4) is 0 Å². The zero-order valence-corrected chi connectivity index (χ0v) is 12.8. The molecule has 1 amide bonds. The van der Waals surface area contributed by atoms with Crippen molar-refractivity contribution in [1.29, 1.82) is 0 Å². The van der Waals surface area contributed by atoms with Gasteiger partial charge in [-0.15, -0.1) is 0 Å². The Balaban J connectivity index is 1.68. The molecule has 5 heteroatoms. The number of nitrogens with two attached hydrogens (primary N) is 1. The highest BCUT2D eigenvalue weighted by atomic mass is 16.1. The number of carbonyl (C=O) groups is 1. The summed E-state index contributed by atoms with van der Waals surface area (Å²) in [7, 11) is 0. The first-order chi connectivity index (χ1) is 9.67. The van der Waals surface area contributed by atoms with E-state index < -0.39 is 0 Å². The SMILES string of the molecule is CCN1CCCC(NC2CCN(CC(N)=O)CC2)CC1. The van der Waals surface area contributed by atoms with Crippen LogP contribution in [0.1, 0.15) is 39.0 Å². The summed E-state index contributed by atoms with van der Waals surface area (Å²) in [6.07, 6.45) is 6.17. The Kier molecular flexibility index (Phi) is 6.26. The highest BCUT2D eigenvalue weighted by Gasteiger charge is 2.23. The van der Waals surface area contributed by atoms with Crippen LogP contribution in [0.3, 0.4) is 0 Å². The van der Waals surface area contributed by atoms with Crippen molar-refractivity contribution < 1.29 is 4.79 Å². The molecule has 2 fully saturated rings. The predicted molar refractivity (Wildman–Crippen MR) is 81.5 cm³/mol. The lowest BCUT2D eigenvalue weighted by molar-refractivity contribution is -0.119. The van der Waals surface area contributed by atoms with Crippen LogP contribution in [0.4, 0.5) is 0 Å². The molecule has 3 N–H and O–H groups in total. The lowest BCUT2D eigenvalue weighted by atomic mass is 10.0. The molecule has 2 aliphatic rings. The van der Waals surface area contributed by atoms with E-state index >= 15 is 0 Å². The average molecular weight is 282 g/mol. The van der Waals surface area contributed by atoms with Gasteiger partial charge in [0.1, 0.15) is 0 Å². The molecule has 0 radical (unpaired) electrons. The van der Waals surface area contributed by atoms with Gasteiger partial charge >= 0.3 is 0 Å². The summed E-state index contributed by atoms with van der Waals surface area (Å²) < 4.78 is 0. The van der Waals surface area contributed by atoms with Gasteiger partial charge in [0.05, 0.1) is 6.54 Å². The van der Waals surface area contributed by atoms with Crippen molar-refractivity contribution >= 4 is 5.91 Å². The van der Waals surface area contributed by atoms with Crippen LogP contribution in [0.5, 0.6) is 0 Å². The van der Waals surface area contributed by atoms with Crippen molar-refractivity contribution in [2.45, 2.75) is 51.1 Å². The third-order valence-electron chi connectivity index (χ3n) is 4.71. The van der Waals surface area contributed by atoms with Crippen molar-refractivity contribution in [2.75, 3.05) is 39.3 Å². The molecule has 1 unspecified atom stereocenters. The zero-order valence-electron chi connectivity index (χ0n) is 12.8. The Hall–Kier alpha value is -0.650. The van der Waals surface area contributed by atoms with Gasteiger partial charge < -0.3 is 16.0 Å². The smallest absolute Gasteiger partial charge is 0.231 e. The van der Waals surface area contributed by atoms with Crippen LogP contribution in [0.15, 0.2) is 0 Å². The molecule has 0 aliphatic carbocycles. The normalized spacial score (nSPS) is 27.4. The molecule has 0 bridgehead atoms. The number of hydrogen-bond donors (Lipinski definition) is 2. The number of piperidine rings is 1. The van der Waals surface area contributed by atoms with Gasteiger partial charge in [-0.1, -0.05) is 6.92 Å². The molecule has 2 rings (SSSR count). The molecule has 116 valence electrons. The number of hydrogen-bond acceptors (Lipinski definition) is 4. The van der Waals surface area contributed by atoms with E-state index in [-0.39, 0.29) is 5.91 Å². The number of amides is 1. The lowest BCUT2D eigenvalue weighted by Crippen LogP contribution is -2.48. The van der Waals surface area contributed by atoms with E-state index in [1.54, 1.807) is 0 Å². The zero-order chi connectivity index (χ0) is 14.4. The van der Waals surface area contributed by atoms with Crippen LogP contribution in [0.2, 0.25) is 0 Å². The maximum absolute atomic E-state index is 10.9. The summed E-state index contributed by atoms with van der Waals surface area (Å²) in [6, 6.07) is 1.30. The molecule has 0 saturated carbocycles. The fourth-order valence-corrected chi connectivity index (χ4v) is 3.45. The van der Waals surface area contributed by atoms with E-state index in [4.69, 9.17) is 5.73 Å². The van der Waals surface area contributed by atoms with Crippen LogP contribution in [0.25, 0.3) is 0 Å². The van der Waals surface area contributed by atoms with Crippen LogP contribution >= 0.6 is 0 Å². The average Bonchev–Trinajstić information content (AvgIpc) is 2.65. The van der Waals surface area contributed by atoms with Gasteiger partial charge in [-0.25, -0.2) is 0 Å². The van der Waals surface area contributed by atoms with Crippen LogP contribution < -0.4 is 11.1 Å². The first kappa shape index (κ1) is 15.7. The van der Waals surface area contributed by atoms with Gasteiger partial charge in [0.15, 0.2) is 0 Å². The molecular formula is C15H30N4O. The fourth-order valence-electron chi connectivity index (χ4n) is 3.45. The van der Waals surface area contributed by atoms with Crippen molar-refractivity contribution in [3.05, 3.63) is 0 Å². The van der Waals surface area contributed by atoms with Gasteiger partial charge in [-0.3, -0.25) is 9.69 Å². The van der Waals surface area contributed by atoms with E-state index in [9.17, 15) is 4.79 Å². The molecule has 2 saturated heterocycles. The minimum atomic E-state index is -0.208. The maximum atomic E-state index is 10.9. The highest BCUT2D eigenvalue weighted by Crippen LogP contribution is 2.15. The third kappa shape index (κ3) is 5.04. The summed E-state index contributed by atoms with van der Waals surface area (Å²) >= 11 is 0. The molecule has 0 aromatic heterocycles. The number of carbonyl (C=O) groups excluding carboxylic acids is 1. The highest BCUT2D eigenvalue weighted by molar-refractivity contribution is 5.75. The Morgan fingerprint density at radius 3 is 2.25 bits per heavy atom. The Morgan fingerprint density at radius 2 is 1.65 bits per heavy atom. The van der Waals surface area contributed by atoms with Crippen LogP contribution in [0, 0.1) is 0 Å². The van der Waals surface area contributed by atoms with Crippen LogP contribution in [-0.2, 0) is 4.79 Å². The van der Waals surface area contributed by atoms with Crippen molar-refractivity contribution in [2.24, 2.45) is 5.73 Å². The van der Waals surface area contributed by atoms with E-state index in [1.165, 1.54) is 38.9 Å². The van der Waals surface area contributed by atoms with Gasteiger partial charge in [0, 0.05) is 25.2 Å². The molecule has 0 spiro atoms. The summed E-state index contributed by atoms with van der Waals surface area (Å²) in [5, 5.41) is 3.85. The maximum Gasteiger partial charge on any atom is 0.231 e. The number of likely N-dealkylation sites (tertiary alicyclic amines) is 2. The van der Waals surface area contributed by atoms with E-state index in [1.807, 2.05) is 0 Å². The Bertz CT molecular complexity index is 302. The van der Waals surface area contributed by atoms with Crippen molar-refractivity contribution in [3.63, 3.8) is 0 Å². The topological polar surface area (TPSA) is 61.6 Å². The van der Waals surface area contributed by atoms with Gasteiger partial charge in [0.25, 0.3) is 0 Å². The molecule has 1 atom stereocenters. The molecule has 20 heavy (non-hydrogen) atoms. The second kappa shape index (κ2) is 7.96. The monoisotopic (exact) mass is 282 g/mol. The summed E-state index contributed by atoms with van der Waals surface area (Å²) in [6.45, 7) is 8.32. The standard InChI is InChI=1S/C15H30N4O/c1-2-18-8-3-4-13(5-9-18)17-14-6-10-19(11-7-14)12-15(16)20/h13-14,17H,2-12H2,1H3,(H2,16,20). The minimum absolute atomic E-state index is 0.208. The quantitative estimate of drug-likeness (QED) is 0.766. The van der Waals surface area contributed by atoms with E-state index in [0.717, 1.165) is 25.9 Å². The third-order valence-corrected chi connectivity index (χ3v) is 4.71. The molecule has 5 nitrogen and oxygen atoms in total. The molecule has 0 aromatic carbocycles. The molecule has 2 aliphatic heterocycles. The van der Waals surface area contributed by atoms with E-state index in [2.05, 4.69) is 22.0 Å². The fraction of sp³-hybridized carbons (Fsp3) is 0.933. The van der Waals surface area contributed by atoms with Crippen LogP contribution in [-0.4, -0.2) is 67.1 Å². The summed E-state index contributed by atoms with van der Waals surface area (Å²) in [5.41, 5.74) is 5.25. The van der Waals surface area contributed by atoms with Gasteiger partial charge in [-0.2, -0.15) is 0 Å². The van der Waals surface area contributed by atoms with Crippen molar-refractivity contribution in [1.82, 2.24) is 15.1 Å².